The van der Waals surface area contributed by atoms with Gasteiger partial charge in [-0.2, -0.15) is 0 Å². The van der Waals surface area contributed by atoms with Crippen LogP contribution in [0.3, 0.4) is 0 Å². The minimum atomic E-state index is 0.361. The maximum atomic E-state index is 5.45. The van der Waals surface area contributed by atoms with Crippen LogP contribution >= 0.6 is 0 Å². The molecule has 0 radical (unpaired) electrons. The number of aromatic nitrogens is 3. The third-order valence-corrected chi connectivity index (χ3v) is 5.63. The van der Waals surface area contributed by atoms with Crippen molar-refractivity contribution in [3.63, 3.8) is 0 Å². The Balaban J connectivity index is 1.46. The van der Waals surface area contributed by atoms with Gasteiger partial charge in [0.1, 0.15) is 5.52 Å². The fourth-order valence-corrected chi connectivity index (χ4v) is 4.05. The van der Waals surface area contributed by atoms with Gasteiger partial charge in [-0.15, -0.1) is 0 Å². The van der Waals surface area contributed by atoms with Gasteiger partial charge in [0, 0.05) is 49.3 Å². The summed E-state index contributed by atoms with van der Waals surface area (Å²) in [4.78, 5) is 16.4. The summed E-state index contributed by atoms with van der Waals surface area (Å²) in [5.41, 5.74) is 4.91. The van der Waals surface area contributed by atoms with Crippen LogP contribution in [-0.4, -0.2) is 60.4 Å². The lowest BCUT2D eigenvalue weighted by molar-refractivity contribution is 0.122. The molecule has 3 aromatic rings. The Kier molecular flexibility index (Phi) is 5.23. The second-order valence-electron chi connectivity index (χ2n) is 7.61. The van der Waals surface area contributed by atoms with E-state index >= 15 is 0 Å². The first-order chi connectivity index (χ1) is 14.4. The van der Waals surface area contributed by atoms with Gasteiger partial charge in [0.25, 0.3) is 0 Å². The molecule has 2 aliphatic rings. The predicted molar refractivity (Wildman–Crippen MR) is 115 cm³/mol. The molecule has 4 heterocycles. The zero-order valence-corrected chi connectivity index (χ0v) is 16.5. The highest BCUT2D eigenvalue weighted by Gasteiger charge is 2.17. The Bertz CT molecular complexity index is 965. The SMILES string of the molecule is c1cnc2c(N[C@H]3CCCNC3)nc(-c3ccc(N4CCOCC4)cc3)cc2n1. The van der Waals surface area contributed by atoms with Crippen LogP contribution in [-0.2, 0) is 4.74 Å². The second kappa shape index (κ2) is 8.31. The van der Waals surface area contributed by atoms with Gasteiger partial charge in [-0.3, -0.25) is 4.98 Å². The standard InChI is InChI=1S/C22H26N6O/c1-2-17(15-23-7-1)26-22-21-20(24-8-9-25-21)14-19(27-22)16-3-5-18(6-4-16)28-10-12-29-13-11-28/h3-6,8-9,14,17,23H,1-2,7,10-13,15H2,(H,26,27)/t17-/m0/s1. The molecule has 0 aliphatic carbocycles. The van der Waals surface area contributed by atoms with E-state index in [9.17, 15) is 0 Å². The average Bonchev–Trinajstić information content (AvgIpc) is 2.80. The molecule has 2 saturated heterocycles. The summed E-state index contributed by atoms with van der Waals surface area (Å²) in [6.45, 7) is 5.48. The molecule has 0 unspecified atom stereocenters. The van der Waals surface area contributed by atoms with E-state index < -0.39 is 0 Å². The van der Waals surface area contributed by atoms with Crippen LogP contribution in [0, 0.1) is 0 Å². The molecule has 7 heteroatoms. The van der Waals surface area contributed by atoms with Crippen molar-refractivity contribution >= 4 is 22.5 Å². The third-order valence-electron chi connectivity index (χ3n) is 5.63. The van der Waals surface area contributed by atoms with Gasteiger partial charge in [0.15, 0.2) is 5.82 Å². The van der Waals surface area contributed by atoms with Crippen LogP contribution in [0.4, 0.5) is 11.5 Å². The molecule has 0 spiro atoms. The molecule has 0 amide bonds. The smallest absolute Gasteiger partial charge is 0.155 e. The highest BCUT2D eigenvalue weighted by Crippen LogP contribution is 2.28. The summed E-state index contributed by atoms with van der Waals surface area (Å²) in [5, 5.41) is 7.05. The highest BCUT2D eigenvalue weighted by atomic mass is 16.5. The number of pyridine rings is 1. The van der Waals surface area contributed by atoms with Gasteiger partial charge in [-0.25, -0.2) is 9.97 Å². The Morgan fingerprint density at radius 3 is 2.69 bits per heavy atom. The van der Waals surface area contributed by atoms with Crippen molar-refractivity contribution in [3.8, 4) is 11.3 Å². The van der Waals surface area contributed by atoms with E-state index in [1.807, 2.05) is 6.07 Å². The number of morpholine rings is 1. The molecule has 1 aromatic carbocycles. The molecular formula is C22H26N6O. The summed E-state index contributed by atoms with van der Waals surface area (Å²) in [6.07, 6.45) is 5.77. The molecular weight excluding hydrogens is 364 g/mol. The van der Waals surface area contributed by atoms with Crippen molar-refractivity contribution in [2.24, 2.45) is 0 Å². The van der Waals surface area contributed by atoms with Crippen LogP contribution < -0.4 is 15.5 Å². The summed E-state index contributed by atoms with van der Waals surface area (Å²) in [5.74, 6) is 0.816. The Labute approximate surface area is 170 Å². The van der Waals surface area contributed by atoms with Crippen molar-refractivity contribution in [3.05, 3.63) is 42.7 Å². The summed E-state index contributed by atoms with van der Waals surface area (Å²) >= 11 is 0. The van der Waals surface area contributed by atoms with Crippen molar-refractivity contribution in [2.75, 3.05) is 49.6 Å². The normalized spacial score (nSPS) is 20.0. The Morgan fingerprint density at radius 1 is 1.07 bits per heavy atom. The van der Waals surface area contributed by atoms with E-state index in [1.54, 1.807) is 12.4 Å². The fourth-order valence-electron chi connectivity index (χ4n) is 4.05. The molecule has 2 aromatic heterocycles. The molecule has 2 N–H and O–H groups in total. The average molecular weight is 390 g/mol. The fraction of sp³-hybridized carbons (Fsp3) is 0.409. The maximum Gasteiger partial charge on any atom is 0.155 e. The minimum absolute atomic E-state index is 0.361. The Hall–Kier alpha value is -2.77. The lowest BCUT2D eigenvalue weighted by atomic mass is 10.1. The van der Waals surface area contributed by atoms with Crippen molar-refractivity contribution in [2.45, 2.75) is 18.9 Å². The Morgan fingerprint density at radius 2 is 1.90 bits per heavy atom. The van der Waals surface area contributed by atoms with Crippen LogP contribution in [0.25, 0.3) is 22.3 Å². The molecule has 2 aliphatic heterocycles. The number of hydrogen-bond donors (Lipinski definition) is 2. The van der Waals surface area contributed by atoms with Crippen molar-refractivity contribution in [1.29, 1.82) is 0 Å². The molecule has 7 nitrogen and oxygen atoms in total. The number of anilines is 2. The highest BCUT2D eigenvalue weighted by molar-refractivity contribution is 5.88. The molecule has 0 bridgehead atoms. The van der Waals surface area contributed by atoms with E-state index in [4.69, 9.17) is 9.72 Å². The van der Waals surface area contributed by atoms with E-state index in [0.29, 0.717) is 6.04 Å². The lowest BCUT2D eigenvalue weighted by Gasteiger charge is -2.29. The van der Waals surface area contributed by atoms with Crippen LogP contribution in [0.5, 0.6) is 0 Å². The van der Waals surface area contributed by atoms with Gasteiger partial charge < -0.3 is 20.3 Å². The van der Waals surface area contributed by atoms with Crippen molar-refractivity contribution in [1.82, 2.24) is 20.3 Å². The first kappa shape index (κ1) is 18.3. The number of benzene rings is 1. The monoisotopic (exact) mass is 390 g/mol. The molecule has 5 rings (SSSR count). The number of fused-ring (bicyclic) bond motifs is 1. The van der Waals surface area contributed by atoms with Crippen LogP contribution in [0.2, 0.25) is 0 Å². The van der Waals surface area contributed by atoms with Gasteiger partial charge in [-0.05, 0) is 37.6 Å². The topological polar surface area (TPSA) is 75.2 Å². The predicted octanol–water partition coefficient (Wildman–Crippen LogP) is 2.69. The molecule has 150 valence electrons. The number of ether oxygens (including phenoxy) is 1. The zero-order valence-electron chi connectivity index (χ0n) is 16.5. The number of hydrogen-bond acceptors (Lipinski definition) is 7. The summed E-state index contributed by atoms with van der Waals surface area (Å²) < 4.78 is 5.45. The third kappa shape index (κ3) is 4.02. The summed E-state index contributed by atoms with van der Waals surface area (Å²) in [6, 6.07) is 11.0. The number of nitrogens with one attached hydrogen (secondary N) is 2. The van der Waals surface area contributed by atoms with E-state index in [2.05, 4.69) is 49.8 Å². The zero-order chi connectivity index (χ0) is 19.5. The van der Waals surface area contributed by atoms with Crippen molar-refractivity contribution < 1.29 is 4.74 Å². The van der Waals surface area contributed by atoms with Gasteiger partial charge >= 0.3 is 0 Å². The number of nitrogens with zero attached hydrogens (tertiary/aromatic N) is 4. The van der Waals surface area contributed by atoms with Crippen LogP contribution in [0.1, 0.15) is 12.8 Å². The largest absolute Gasteiger partial charge is 0.378 e. The number of rotatable bonds is 4. The first-order valence-electron chi connectivity index (χ1n) is 10.4. The van der Waals surface area contributed by atoms with E-state index in [0.717, 1.165) is 73.9 Å². The van der Waals surface area contributed by atoms with Gasteiger partial charge in [-0.1, -0.05) is 12.1 Å². The van der Waals surface area contributed by atoms with E-state index in [1.165, 1.54) is 12.1 Å². The number of piperidine rings is 1. The van der Waals surface area contributed by atoms with Gasteiger partial charge in [0.05, 0.1) is 24.4 Å². The summed E-state index contributed by atoms with van der Waals surface area (Å²) in [7, 11) is 0. The molecule has 0 saturated carbocycles. The lowest BCUT2D eigenvalue weighted by Crippen LogP contribution is -2.38. The quantitative estimate of drug-likeness (QED) is 0.709. The van der Waals surface area contributed by atoms with Crippen LogP contribution in [0.15, 0.2) is 42.7 Å². The molecule has 29 heavy (non-hydrogen) atoms. The second-order valence-corrected chi connectivity index (χ2v) is 7.61. The minimum Gasteiger partial charge on any atom is -0.378 e. The molecule has 1 atom stereocenters. The van der Waals surface area contributed by atoms with E-state index in [-0.39, 0.29) is 0 Å². The van der Waals surface area contributed by atoms with Gasteiger partial charge in [0.2, 0.25) is 0 Å². The molecule has 2 fully saturated rings. The first-order valence-corrected chi connectivity index (χ1v) is 10.4. The maximum absolute atomic E-state index is 5.45.